The number of nitrogens with zero attached hydrogens (tertiary/aromatic N) is 2. The first-order chi connectivity index (χ1) is 14.5. The Hall–Kier alpha value is -3.15. The van der Waals surface area contributed by atoms with Crippen molar-refractivity contribution >= 4 is 23.5 Å². The minimum Gasteiger partial charge on any atom is -0.465 e. The average Bonchev–Trinajstić information content (AvgIpc) is 2.77. The molecule has 156 valence electrons. The van der Waals surface area contributed by atoms with Gasteiger partial charge in [-0.05, 0) is 48.1 Å². The Labute approximate surface area is 176 Å². The van der Waals surface area contributed by atoms with E-state index in [1.54, 1.807) is 28.9 Å². The van der Waals surface area contributed by atoms with E-state index in [0.717, 1.165) is 36.1 Å². The van der Waals surface area contributed by atoms with Gasteiger partial charge in [-0.1, -0.05) is 30.3 Å². The third-order valence-corrected chi connectivity index (χ3v) is 6.14. The maximum absolute atomic E-state index is 13.4. The highest BCUT2D eigenvalue weighted by Gasteiger charge is 2.34. The molecule has 1 unspecified atom stereocenters. The van der Waals surface area contributed by atoms with Gasteiger partial charge in [-0.15, -0.1) is 0 Å². The molecule has 6 nitrogen and oxygen atoms in total. The summed E-state index contributed by atoms with van der Waals surface area (Å²) >= 11 is 0. The SMILES string of the molecule is COC(=O)c1cccc2c1CCCN2C(=O)CC1c2ccccc2CCN1C(C)=O. The number of fused-ring (bicyclic) bond motifs is 2. The van der Waals surface area contributed by atoms with Gasteiger partial charge >= 0.3 is 5.97 Å². The molecule has 6 heteroatoms. The zero-order valence-corrected chi connectivity index (χ0v) is 17.4. The fraction of sp³-hybridized carbons (Fsp3) is 0.375. The zero-order valence-electron chi connectivity index (χ0n) is 17.4. The number of ether oxygens (including phenoxy) is 1. The fourth-order valence-corrected chi connectivity index (χ4v) is 4.71. The van der Waals surface area contributed by atoms with Crippen LogP contribution in [0.2, 0.25) is 0 Å². The lowest BCUT2D eigenvalue weighted by molar-refractivity contribution is -0.133. The monoisotopic (exact) mass is 406 g/mol. The van der Waals surface area contributed by atoms with Crippen molar-refractivity contribution in [1.82, 2.24) is 4.90 Å². The van der Waals surface area contributed by atoms with E-state index in [2.05, 4.69) is 6.07 Å². The molecule has 1 atom stereocenters. The largest absolute Gasteiger partial charge is 0.465 e. The highest BCUT2D eigenvalue weighted by molar-refractivity contribution is 5.99. The quantitative estimate of drug-likeness (QED) is 0.734. The molecule has 0 radical (unpaired) electrons. The minimum absolute atomic E-state index is 0.0191. The Morgan fingerprint density at radius 2 is 1.83 bits per heavy atom. The summed E-state index contributed by atoms with van der Waals surface area (Å²) in [4.78, 5) is 41.4. The van der Waals surface area contributed by atoms with Crippen LogP contribution in [0.25, 0.3) is 0 Å². The predicted octanol–water partition coefficient (Wildman–Crippen LogP) is 3.29. The Bertz CT molecular complexity index is 1000. The van der Waals surface area contributed by atoms with E-state index in [-0.39, 0.29) is 30.2 Å². The van der Waals surface area contributed by atoms with E-state index < -0.39 is 0 Å². The summed E-state index contributed by atoms with van der Waals surface area (Å²) in [5.41, 5.74) is 4.39. The first kappa shape index (κ1) is 20.1. The van der Waals surface area contributed by atoms with Crippen molar-refractivity contribution in [1.29, 1.82) is 0 Å². The predicted molar refractivity (Wildman–Crippen MR) is 113 cm³/mol. The molecule has 2 aliphatic rings. The van der Waals surface area contributed by atoms with Gasteiger partial charge in [0, 0.05) is 25.7 Å². The van der Waals surface area contributed by atoms with E-state index >= 15 is 0 Å². The molecule has 4 rings (SSSR count). The maximum atomic E-state index is 13.4. The molecule has 0 fully saturated rings. The lowest BCUT2D eigenvalue weighted by atomic mass is 9.89. The summed E-state index contributed by atoms with van der Waals surface area (Å²) in [5.74, 6) is -0.439. The third-order valence-electron chi connectivity index (χ3n) is 6.14. The second-order valence-electron chi connectivity index (χ2n) is 7.82. The van der Waals surface area contributed by atoms with Crippen molar-refractivity contribution in [3.05, 3.63) is 64.7 Å². The molecule has 0 aromatic heterocycles. The fourth-order valence-electron chi connectivity index (χ4n) is 4.71. The number of amides is 2. The van der Waals surface area contributed by atoms with Gasteiger partial charge in [0.1, 0.15) is 0 Å². The second-order valence-corrected chi connectivity index (χ2v) is 7.82. The molecule has 0 spiro atoms. The number of carbonyl (C=O) groups is 3. The molecule has 2 amide bonds. The Morgan fingerprint density at radius 1 is 1.03 bits per heavy atom. The number of hydrogen-bond acceptors (Lipinski definition) is 4. The molecule has 30 heavy (non-hydrogen) atoms. The van der Waals surface area contributed by atoms with Crippen molar-refractivity contribution in [2.45, 2.75) is 38.6 Å². The van der Waals surface area contributed by atoms with Crippen LogP contribution in [-0.4, -0.2) is 42.9 Å². The van der Waals surface area contributed by atoms with Gasteiger partial charge in [-0.2, -0.15) is 0 Å². The Morgan fingerprint density at radius 3 is 2.60 bits per heavy atom. The smallest absolute Gasteiger partial charge is 0.338 e. The van der Waals surface area contributed by atoms with Gasteiger partial charge in [0.25, 0.3) is 0 Å². The van der Waals surface area contributed by atoms with Gasteiger partial charge < -0.3 is 14.5 Å². The summed E-state index contributed by atoms with van der Waals surface area (Å²) in [6.07, 6.45) is 2.54. The first-order valence-electron chi connectivity index (χ1n) is 10.4. The number of anilines is 1. The molecular formula is C24H26N2O4. The number of rotatable bonds is 3. The standard InChI is InChI=1S/C24H26N2O4/c1-16(27)25-14-12-17-7-3-4-8-18(17)22(25)15-23(28)26-13-6-10-19-20(24(29)30-2)9-5-11-21(19)26/h3-5,7-9,11,22H,6,10,12-15H2,1-2H3. The molecule has 0 saturated heterocycles. The normalized spacial score (nSPS) is 17.7. The number of methoxy groups -OCH3 is 1. The zero-order chi connectivity index (χ0) is 21.3. The molecule has 0 saturated carbocycles. The van der Waals surface area contributed by atoms with Crippen LogP contribution in [0.4, 0.5) is 5.69 Å². The molecule has 0 aliphatic carbocycles. The van der Waals surface area contributed by atoms with Crippen LogP contribution in [0.5, 0.6) is 0 Å². The van der Waals surface area contributed by atoms with E-state index in [1.807, 2.05) is 24.3 Å². The average molecular weight is 406 g/mol. The molecule has 2 aromatic carbocycles. The summed E-state index contributed by atoms with van der Waals surface area (Å²) in [6, 6.07) is 13.2. The summed E-state index contributed by atoms with van der Waals surface area (Å²) < 4.78 is 4.91. The van der Waals surface area contributed by atoms with Crippen LogP contribution in [0.15, 0.2) is 42.5 Å². The number of benzene rings is 2. The van der Waals surface area contributed by atoms with E-state index in [1.165, 1.54) is 12.7 Å². The highest BCUT2D eigenvalue weighted by Crippen LogP contribution is 2.35. The van der Waals surface area contributed by atoms with Crippen LogP contribution in [-0.2, 0) is 27.2 Å². The molecule has 2 aliphatic heterocycles. The number of carbonyl (C=O) groups excluding carboxylic acids is 3. The molecular weight excluding hydrogens is 380 g/mol. The lowest BCUT2D eigenvalue weighted by Gasteiger charge is -2.38. The van der Waals surface area contributed by atoms with E-state index in [4.69, 9.17) is 4.74 Å². The third kappa shape index (κ3) is 3.58. The van der Waals surface area contributed by atoms with Crippen molar-refractivity contribution in [3.63, 3.8) is 0 Å². The number of hydrogen-bond donors (Lipinski definition) is 0. The van der Waals surface area contributed by atoms with Crippen molar-refractivity contribution in [3.8, 4) is 0 Å². The summed E-state index contributed by atoms with van der Waals surface area (Å²) in [5, 5.41) is 0. The van der Waals surface area contributed by atoms with Crippen molar-refractivity contribution in [2.75, 3.05) is 25.1 Å². The maximum Gasteiger partial charge on any atom is 0.338 e. The first-order valence-corrected chi connectivity index (χ1v) is 10.4. The van der Waals surface area contributed by atoms with Gasteiger partial charge in [0.15, 0.2) is 0 Å². The molecule has 0 N–H and O–H groups in total. The number of esters is 1. The van der Waals surface area contributed by atoms with Crippen LogP contribution >= 0.6 is 0 Å². The minimum atomic E-state index is -0.384. The van der Waals surface area contributed by atoms with E-state index in [0.29, 0.717) is 18.7 Å². The summed E-state index contributed by atoms with van der Waals surface area (Å²) in [7, 11) is 1.37. The molecule has 2 aromatic rings. The van der Waals surface area contributed by atoms with Gasteiger partial charge in [-0.3, -0.25) is 9.59 Å². The topological polar surface area (TPSA) is 66.9 Å². The van der Waals surface area contributed by atoms with E-state index in [9.17, 15) is 14.4 Å². The Balaban J connectivity index is 1.65. The van der Waals surface area contributed by atoms with Gasteiger partial charge in [-0.25, -0.2) is 4.79 Å². The van der Waals surface area contributed by atoms with Crippen molar-refractivity contribution < 1.29 is 19.1 Å². The van der Waals surface area contributed by atoms with Crippen LogP contribution in [0.3, 0.4) is 0 Å². The van der Waals surface area contributed by atoms with Crippen molar-refractivity contribution in [2.24, 2.45) is 0 Å². The van der Waals surface area contributed by atoms with Crippen LogP contribution in [0.1, 0.15) is 52.9 Å². The lowest BCUT2D eigenvalue weighted by Crippen LogP contribution is -2.43. The highest BCUT2D eigenvalue weighted by atomic mass is 16.5. The molecule has 2 heterocycles. The van der Waals surface area contributed by atoms with Crippen LogP contribution in [0, 0.1) is 0 Å². The van der Waals surface area contributed by atoms with Gasteiger partial charge in [0.2, 0.25) is 11.8 Å². The summed E-state index contributed by atoms with van der Waals surface area (Å²) in [6.45, 7) is 2.78. The van der Waals surface area contributed by atoms with Crippen LogP contribution < -0.4 is 4.90 Å². The second kappa shape index (κ2) is 8.30. The van der Waals surface area contributed by atoms with Gasteiger partial charge in [0.05, 0.1) is 25.1 Å². The Kier molecular flexibility index (Phi) is 5.57. The molecule has 0 bridgehead atoms.